The highest BCUT2D eigenvalue weighted by Gasteiger charge is 2.23. The molecule has 0 aliphatic carbocycles. The van der Waals surface area contributed by atoms with Crippen molar-refractivity contribution < 1.29 is 14.0 Å². The molecule has 1 unspecified atom stereocenters. The van der Waals surface area contributed by atoms with Crippen LogP contribution < -0.4 is 10.9 Å². The van der Waals surface area contributed by atoms with Crippen LogP contribution in [0.4, 0.5) is 4.39 Å². The molecule has 2 amide bonds. The molecular formula is C21H16ClFN2O2S. The molecule has 28 heavy (non-hydrogen) atoms. The predicted octanol–water partition coefficient (Wildman–Crippen LogP) is 4.77. The van der Waals surface area contributed by atoms with Gasteiger partial charge in [-0.2, -0.15) is 0 Å². The summed E-state index contributed by atoms with van der Waals surface area (Å²) in [4.78, 5) is 25.8. The lowest BCUT2D eigenvalue weighted by molar-refractivity contribution is -0.121. The number of hydrogen-bond acceptors (Lipinski definition) is 3. The summed E-state index contributed by atoms with van der Waals surface area (Å²) >= 11 is 7.26. The first-order valence-corrected chi connectivity index (χ1v) is 9.62. The molecule has 0 bridgehead atoms. The van der Waals surface area contributed by atoms with E-state index in [9.17, 15) is 14.0 Å². The average molecular weight is 415 g/mol. The number of carbonyl (C=O) groups excluding carboxylic acids is 2. The number of rotatable bonds is 5. The molecule has 142 valence electrons. The zero-order valence-corrected chi connectivity index (χ0v) is 16.1. The highest BCUT2D eigenvalue weighted by molar-refractivity contribution is 8.00. The van der Waals surface area contributed by atoms with Gasteiger partial charge in [-0.1, -0.05) is 54.1 Å². The molecule has 4 nitrogen and oxygen atoms in total. The van der Waals surface area contributed by atoms with E-state index in [1.54, 1.807) is 36.4 Å². The Kier molecular flexibility index (Phi) is 6.68. The number of hydrazine groups is 1. The molecule has 0 aliphatic rings. The zero-order chi connectivity index (χ0) is 19.9. The Morgan fingerprint density at radius 2 is 1.50 bits per heavy atom. The van der Waals surface area contributed by atoms with Gasteiger partial charge in [0.2, 0.25) is 0 Å². The van der Waals surface area contributed by atoms with Crippen molar-refractivity contribution in [3.05, 3.63) is 101 Å². The van der Waals surface area contributed by atoms with Crippen molar-refractivity contribution in [2.45, 2.75) is 10.1 Å². The highest BCUT2D eigenvalue weighted by Crippen LogP contribution is 2.35. The summed E-state index contributed by atoms with van der Waals surface area (Å²) in [5.41, 5.74) is 5.84. The van der Waals surface area contributed by atoms with E-state index < -0.39 is 17.1 Å². The largest absolute Gasteiger partial charge is 0.272 e. The topological polar surface area (TPSA) is 58.2 Å². The molecule has 3 aromatic rings. The minimum atomic E-state index is -0.641. The number of thioether (sulfide) groups is 1. The minimum absolute atomic E-state index is 0.256. The van der Waals surface area contributed by atoms with Gasteiger partial charge in [0.25, 0.3) is 11.8 Å². The van der Waals surface area contributed by atoms with Gasteiger partial charge >= 0.3 is 0 Å². The second kappa shape index (κ2) is 9.39. The maximum absolute atomic E-state index is 13.2. The van der Waals surface area contributed by atoms with Crippen LogP contribution in [0, 0.1) is 5.82 Å². The van der Waals surface area contributed by atoms with Gasteiger partial charge < -0.3 is 0 Å². The van der Waals surface area contributed by atoms with Crippen LogP contribution >= 0.6 is 23.4 Å². The molecule has 0 saturated heterocycles. The standard InChI is InChI=1S/C21H16ClFN2O2S/c22-18-9-5-4-8-17(18)20(26)24-25-21(27)19(14-6-2-1-3-7-14)28-16-12-10-15(23)11-13-16/h1-13,19H,(H,24,26)(H,25,27). The molecule has 0 radical (unpaired) electrons. The lowest BCUT2D eigenvalue weighted by Crippen LogP contribution is -2.43. The van der Waals surface area contributed by atoms with Gasteiger partial charge in [0.1, 0.15) is 11.1 Å². The molecule has 1 atom stereocenters. The Labute approximate surface area is 171 Å². The van der Waals surface area contributed by atoms with Crippen LogP contribution in [0.1, 0.15) is 21.2 Å². The Morgan fingerprint density at radius 3 is 2.18 bits per heavy atom. The first-order valence-electron chi connectivity index (χ1n) is 8.36. The summed E-state index contributed by atoms with van der Waals surface area (Å²) in [5.74, 6) is -1.28. The second-order valence-corrected chi connectivity index (χ2v) is 7.37. The monoisotopic (exact) mass is 414 g/mol. The summed E-state index contributed by atoms with van der Waals surface area (Å²) in [6.45, 7) is 0. The minimum Gasteiger partial charge on any atom is -0.272 e. The zero-order valence-electron chi connectivity index (χ0n) is 14.6. The number of amides is 2. The number of hydrogen-bond donors (Lipinski definition) is 2. The third-order valence-corrected chi connectivity index (χ3v) is 5.42. The van der Waals surface area contributed by atoms with Crippen molar-refractivity contribution in [2.24, 2.45) is 0 Å². The van der Waals surface area contributed by atoms with E-state index in [0.29, 0.717) is 0 Å². The van der Waals surface area contributed by atoms with Crippen molar-refractivity contribution in [3.63, 3.8) is 0 Å². The van der Waals surface area contributed by atoms with E-state index in [1.807, 2.05) is 30.3 Å². The molecule has 0 aromatic heterocycles. The molecule has 0 spiro atoms. The summed E-state index contributed by atoms with van der Waals surface area (Å²) in [7, 11) is 0. The summed E-state index contributed by atoms with van der Waals surface area (Å²) in [6, 6.07) is 21.5. The van der Waals surface area contributed by atoms with E-state index >= 15 is 0 Å². The van der Waals surface area contributed by atoms with Crippen LogP contribution in [0.3, 0.4) is 0 Å². The first kappa shape index (κ1) is 19.9. The first-order chi connectivity index (χ1) is 13.5. The van der Waals surface area contributed by atoms with Gasteiger partial charge in [0, 0.05) is 4.90 Å². The van der Waals surface area contributed by atoms with Crippen LogP contribution in [0.15, 0.2) is 83.8 Å². The number of halogens is 2. The highest BCUT2D eigenvalue weighted by atomic mass is 35.5. The van der Waals surface area contributed by atoms with Crippen LogP contribution in [0.25, 0.3) is 0 Å². The van der Waals surface area contributed by atoms with E-state index in [1.165, 1.54) is 23.9 Å². The summed E-state index contributed by atoms with van der Waals surface area (Å²) in [5, 5.41) is -0.354. The van der Waals surface area contributed by atoms with Gasteiger partial charge in [-0.3, -0.25) is 20.4 Å². The van der Waals surface area contributed by atoms with Gasteiger partial charge in [-0.15, -0.1) is 11.8 Å². The van der Waals surface area contributed by atoms with Crippen molar-refractivity contribution in [1.82, 2.24) is 10.9 Å². The molecule has 3 rings (SSSR count). The normalized spacial score (nSPS) is 11.5. The molecular weight excluding hydrogens is 399 g/mol. The quantitative estimate of drug-likeness (QED) is 0.467. The molecule has 7 heteroatoms. The van der Waals surface area contributed by atoms with Gasteiger partial charge in [0.15, 0.2) is 0 Å². The Morgan fingerprint density at radius 1 is 0.857 bits per heavy atom. The van der Waals surface area contributed by atoms with Crippen molar-refractivity contribution in [1.29, 1.82) is 0 Å². The maximum Gasteiger partial charge on any atom is 0.271 e. The van der Waals surface area contributed by atoms with E-state index in [2.05, 4.69) is 10.9 Å². The third kappa shape index (κ3) is 5.12. The third-order valence-electron chi connectivity index (χ3n) is 3.83. The second-order valence-electron chi connectivity index (χ2n) is 5.79. The maximum atomic E-state index is 13.2. The number of benzene rings is 3. The van der Waals surface area contributed by atoms with Crippen molar-refractivity contribution >= 4 is 35.2 Å². The van der Waals surface area contributed by atoms with Gasteiger partial charge in [0.05, 0.1) is 10.6 Å². The van der Waals surface area contributed by atoms with Crippen molar-refractivity contribution in [2.75, 3.05) is 0 Å². The van der Waals surface area contributed by atoms with Crippen LogP contribution in [0.5, 0.6) is 0 Å². The van der Waals surface area contributed by atoms with Crippen molar-refractivity contribution in [3.8, 4) is 0 Å². The SMILES string of the molecule is O=C(NNC(=O)C(Sc1ccc(F)cc1)c1ccccc1)c1ccccc1Cl. The smallest absolute Gasteiger partial charge is 0.271 e. The lowest BCUT2D eigenvalue weighted by atomic mass is 10.1. The molecule has 0 heterocycles. The lowest BCUT2D eigenvalue weighted by Gasteiger charge is -2.17. The molecule has 2 N–H and O–H groups in total. The Bertz CT molecular complexity index is 968. The Hall–Kier alpha value is -2.83. The Balaban J connectivity index is 1.74. The average Bonchev–Trinajstić information content (AvgIpc) is 2.72. The number of nitrogens with one attached hydrogen (secondary N) is 2. The summed E-state index contributed by atoms with van der Waals surface area (Å²) in [6.07, 6.45) is 0. The predicted molar refractivity (Wildman–Crippen MR) is 109 cm³/mol. The molecule has 0 aliphatic heterocycles. The molecule has 0 fully saturated rings. The fourth-order valence-electron chi connectivity index (χ4n) is 2.45. The van der Waals surface area contributed by atoms with Gasteiger partial charge in [-0.25, -0.2) is 4.39 Å². The summed E-state index contributed by atoms with van der Waals surface area (Å²) < 4.78 is 13.2. The number of carbonyl (C=O) groups is 2. The van der Waals surface area contributed by atoms with E-state index in [-0.39, 0.29) is 16.4 Å². The van der Waals surface area contributed by atoms with E-state index in [4.69, 9.17) is 11.6 Å². The van der Waals surface area contributed by atoms with E-state index in [0.717, 1.165) is 10.5 Å². The van der Waals surface area contributed by atoms with Gasteiger partial charge in [-0.05, 0) is 42.0 Å². The van der Waals surface area contributed by atoms with Crippen LogP contribution in [-0.2, 0) is 4.79 Å². The fraction of sp³-hybridized carbons (Fsp3) is 0.0476. The molecule has 0 saturated carbocycles. The molecule has 3 aromatic carbocycles. The van der Waals surface area contributed by atoms with Crippen LogP contribution in [-0.4, -0.2) is 11.8 Å². The fourth-order valence-corrected chi connectivity index (χ4v) is 3.69. The van der Waals surface area contributed by atoms with Crippen LogP contribution in [0.2, 0.25) is 5.02 Å².